The zero-order valence-corrected chi connectivity index (χ0v) is 25.0. The molecule has 0 spiro atoms. The molecule has 7 nitrogen and oxygen atoms in total. The average Bonchev–Trinajstić information content (AvgIpc) is 2.89. The molecule has 39 heavy (non-hydrogen) atoms. The second-order valence-electron chi connectivity index (χ2n) is 10.9. The van der Waals surface area contributed by atoms with Gasteiger partial charge in [-0.1, -0.05) is 62.6 Å². The quantitative estimate of drug-likeness (QED) is 0.379. The Bertz CT molecular complexity index is 1240. The molecule has 8 heteroatoms. The molecule has 0 bridgehead atoms. The van der Waals surface area contributed by atoms with E-state index in [1.54, 1.807) is 4.90 Å². The number of aryl methyl sites for hydroxylation is 3. The zero-order valence-electron chi connectivity index (χ0n) is 24.2. The van der Waals surface area contributed by atoms with Gasteiger partial charge in [0.25, 0.3) is 0 Å². The first-order valence-corrected chi connectivity index (χ1v) is 16.1. The molecule has 0 saturated heterocycles. The summed E-state index contributed by atoms with van der Waals surface area (Å²) in [4.78, 5) is 28.9. The van der Waals surface area contributed by atoms with Gasteiger partial charge in [-0.2, -0.15) is 0 Å². The number of nitrogens with zero attached hydrogens (tertiary/aromatic N) is 2. The summed E-state index contributed by atoms with van der Waals surface area (Å²) in [6, 6.07) is 13.2. The lowest BCUT2D eigenvalue weighted by atomic mass is 9.95. The van der Waals surface area contributed by atoms with Crippen LogP contribution < -0.4 is 9.62 Å². The van der Waals surface area contributed by atoms with Crippen LogP contribution in [0.2, 0.25) is 0 Å². The smallest absolute Gasteiger partial charge is 0.243 e. The predicted molar refractivity (Wildman–Crippen MR) is 158 cm³/mol. The summed E-state index contributed by atoms with van der Waals surface area (Å²) in [5.74, 6) is -0.238. The minimum atomic E-state index is -3.54. The fourth-order valence-electron chi connectivity index (χ4n) is 5.41. The van der Waals surface area contributed by atoms with Crippen LogP contribution in [-0.4, -0.2) is 50.0 Å². The molecule has 2 amide bonds. The van der Waals surface area contributed by atoms with Gasteiger partial charge in [-0.05, 0) is 74.8 Å². The van der Waals surface area contributed by atoms with E-state index < -0.39 is 16.1 Å². The minimum Gasteiger partial charge on any atom is -0.352 e. The lowest BCUT2D eigenvalue weighted by molar-refractivity contribution is -0.141. The van der Waals surface area contributed by atoms with Crippen molar-refractivity contribution in [2.24, 2.45) is 0 Å². The van der Waals surface area contributed by atoms with Crippen LogP contribution in [0.1, 0.15) is 80.5 Å². The first-order valence-electron chi connectivity index (χ1n) is 14.2. The van der Waals surface area contributed by atoms with Gasteiger partial charge in [0.1, 0.15) is 6.04 Å². The summed E-state index contributed by atoms with van der Waals surface area (Å²) < 4.78 is 26.8. The SMILES string of the molecule is CC[C@@H](C(=O)NC1CCCCC1)N(Cc1ccccc1C)C(=O)CCCN(c1cc(C)ccc1C)S(C)(=O)=O. The topological polar surface area (TPSA) is 86.8 Å². The van der Waals surface area contributed by atoms with Gasteiger partial charge in [-0.25, -0.2) is 8.42 Å². The van der Waals surface area contributed by atoms with Crippen LogP contribution >= 0.6 is 0 Å². The van der Waals surface area contributed by atoms with E-state index in [0.29, 0.717) is 25.1 Å². The Morgan fingerprint density at radius 2 is 1.69 bits per heavy atom. The predicted octanol–water partition coefficient (Wildman–Crippen LogP) is 5.41. The van der Waals surface area contributed by atoms with Crippen molar-refractivity contribution in [2.45, 2.75) is 97.7 Å². The number of amides is 2. The Hall–Kier alpha value is -2.87. The van der Waals surface area contributed by atoms with Crippen molar-refractivity contribution in [3.8, 4) is 0 Å². The third kappa shape index (κ3) is 8.56. The van der Waals surface area contributed by atoms with Gasteiger partial charge < -0.3 is 10.2 Å². The van der Waals surface area contributed by atoms with Crippen LogP contribution in [0.4, 0.5) is 5.69 Å². The highest BCUT2D eigenvalue weighted by Gasteiger charge is 2.30. The lowest BCUT2D eigenvalue weighted by Crippen LogP contribution is -2.51. The number of hydrogen-bond acceptors (Lipinski definition) is 4. The van der Waals surface area contributed by atoms with Gasteiger partial charge in [0.05, 0.1) is 11.9 Å². The third-order valence-corrected chi connectivity index (χ3v) is 8.90. The summed E-state index contributed by atoms with van der Waals surface area (Å²) in [7, 11) is -3.54. The molecule has 214 valence electrons. The first kappa shape index (κ1) is 30.7. The van der Waals surface area contributed by atoms with Crippen molar-refractivity contribution >= 4 is 27.5 Å². The first-order chi connectivity index (χ1) is 18.5. The van der Waals surface area contributed by atoms with E-state index in [4.69, 9.17) is 0 Å². The summed E-state index contributed by atoms with van der Waals surface area (Å²) in [5.41, 5.74) is 4.54. The van der Waals surface area contributed by atoms with E-state index in [9.17, 15) is 18.0 Å². The van der Waals surface area contributed by atoms with Crippen molar-refractivity contribution in [3.63, 3.8) is 0 Å². The van der Waals surface area contributed by atoms with E-state index in [1.807, 2.05) is 70.2 Å². The van der Waals surface area contributed by atoms with Crippen molar-refractivity contribution in [2.75, 3.05) is 17.1 Å². The van der Waals surface area contributed by atoms with Crippen LogP contribution in [0, 0.1) is 20.8 Å². The molecule has 0 radical (unpaired) electrons. The van der Waals surface area contributed by atoms with Gasteiger partial charge in [0.2, 0.25) is 21.8 Å². The van der Waals surface area contributed by atoms with Crippen LogP contribution in [0.25, 0.3) is 0 Å². The van der Waals surface area contributed by atoms with Crippen molar-refractivity contribution in [3.05, 3.63) is 64.7 Å². The normalized spacial score (nSPS) is 15.0. The maximum absolute atomic E-state index is 13.7. The Morgan fingerprint density at radius 1 is 1.00 bits per heavy atom. The van der Waals surface area contributed by atoms with E-state index in [0.717, 1.165) is 47.9 Å². The van der Waals surface area contributed by atoms with Gasteiger partial charge in [0.15, 0.2) is 0 Å². The molecular weight excluding hydrogens is 510 g/mol. The number of hydrogen-bond donors (Lipinski definition) is 1. The van der Waals surface area contributed by atoms with Crippen LogP contribution in [0.3, 0.4) is 0 Å². The number of carbonyl (C=O) groups is 2. The summed E-state index contributed by atoms with van der Waals surface area (Å²) >= 11 is 0. The van der Waals surface area contributed by atoms with E-state index >= 15 is 0 Å². The number of carbonyl (C=O) groups excluding carboxylic acids is 2. The Labute approximate surface area is 235 Å². The zero-order chi connectivity index (χ0) is 28.6. The molecule has 1 fully saturated rings. The summed E-state index contributed by atoms with van der Waals surface area (Å²) in [6.45, 7) is 8.30. The number of benzene rings is 2. The Kier molecular flexibility index (Phi) is 11.0. The van der Waals surface area contributed by atoms with E-state index in [-0.39, 0.29) is 30.8 Å². The highest BCUT2D eigenvalue weighted by Crippen LogP contribution is 2.25. The summed E-state index contributed by atoms with van der Waals surface area (Å²) in [6.07, 6.45) is 7.60. The van der Waals surface area contributed by atoms with Crippen molar-refractivity contribution < 1.29 is 18.0 Å². The Morgan fingerprint density at radius 3 is 2.33 bits per heavy atom. The van der Waals surface area contributed by atoms with Gasteiger partial charge in [0, 0.05) is 25.6 Å². The minimum absolute atomic E-state index is 0.0977. The molecule has 2 aromatic carbocycles. The largest absolute Gasteiger partial charge is 0.352 e. The van der Waals surface area contributed by atoms with E-state index in [2.05, 4.69) is 5.32 Å². The van der Waals surface area contributed by atoms with Crippen LogP contribution in [0.15, 0.2) is 42.5 Å². The average molecular weight is 556 g/mol. The molecule has 1 atom stereocenters. The fraction of sp³-hybridized carbons (Fsp3) is 0.548. The second-order valence-corrected chi connectivity index (χ2v) is 12.9. The molecule has 0 unspecified atom stereocenters. The molecule has 1 N–H and O–H groups in total. The molecule has 0 heterocycles. The molecular formula is C31H45N3O4S. The van der Waals surface area contributed by atoms with E-state index in [1.165, 1.54) is 17.0 Å². The Balaban J connectivity index is 1.79. The standard InChI is InChI=1S/C31H45N3O4S/c1-6-28(31(36)32-27-15-8-7-9-16-27)33(22-26-14-11-10-13-24(26)3)30(35)17-12-20-34(39(5,37)38)29-21-23(2)18-19-25(29)4/h10-11,13-14,18-19,21,27-28H,6-9,12,15-17,20,22H2,1-5H3,(H,32,36)/t28-/m0/s1. The molecule has 0 aromatic heterocycles. The highest BCUT2D eigenvalue weighted by atomic mass is 32.2. The maximum Gasteiger partial charge on any atom is 0.243 e. The maximum atomic E-state index is 13.7. The van der Waals surface area contributed by atoms with Crippen molar-refractivity contribution in [1.82, 2.24) is 10.2 Å². The third-order valence-electron chi connectivity index (χ3n) is 7.72. The lowest BCUT2D eigenvalue weighted by Gasteiger charge is -2.33. The molecule has 1 aliphatic carbocycles. The molecule has 0 aliphatic heterocycles. The van der Waals surface area contributed by atoms with Gasteiger partial charge in [-0.15, -0.1) is 0 Å². The number of nitrogens with one attached hydrogen (secondary N) is 1. The summed E-state index contributed by atoms with van der Waals surface area (Å²) in [5, 5.41) is 3.21. The van der Waals surface area contributed by atoms with Crippen LogP contribution in [0.5, 0.6) is 0 Å². The fourth-order valence-corrected chi connectivity index (χ4v) is 6.42. The number of anilines is 1. The highest BCUT2D eigenvalue weighted by molar-refractivity contribution is 7.92. The molecule has 1 aliphatic rings. The van der Waals surface area contributed by atoms with Gasteiger partial charge in [-0.3, -0.25) is 13.9 Å². The monoisotopic (exact) mass is 555 g/mol. The van der Waals surface area contributed by atoms with Gasteiger partial charge >= 0.3 is 0 Å². The molecule has 3 rings (SSSR count). The molecule has 2 aromatic rings. The molecule has 1 saturated carbocycles. The second kappa shape index (κ2) is 14.0. The number of rotatable bonds is 12. The van der Waals surface area contributed by atoms with Crippen LogP contribution in [-0.2, 0) is 26.2 Å². The van der Waals surface area contributed by atoms with Crippen molar-refractivity contribution in [1.29, 1.82) is 0 Å². The number of sulfonamides is 1.